The second kappa shape index (κ2) is 10.2. The van der Waals surface area contributed by atoms with Crippen LogP contribution in [0.3, 0.4) is 0 Å². The van der Waals surface area contributed by atoms with Crippen molar-refractivity contribution in [2.75, 3.05) is 37.6 Å². The molecule has 1 aliphatic rings. The summed E-state index contributed by atoms with van der Waals surface area (Å²) in [6.45, 7) is 8.69. The number of hydrogen-bond donors (Lipinski definition) is 0. The molecule has 9 heteroatoms. The third-order valence-corrected chi connectivity index (χ3v) is 8.27. The number of benzene rings is 2. The molecule has 0 aliphatic carbocycles. The lowest BCUT2D eigenvalue weighted by atomic mass is 10.1. The lowest BCUT2D eigenvalue weighted by Gasteiger charge is -2.36. The van der Waals surface area contributed by atoms with Crippen LogP contribution in [0.2, 0.25) is 0 Å². The highest BCUT2D eigenvalue weighted by Crippen LogP contribution is 2.26. The second-order valence-electron chi connectivity index (χ2n) is 9.01. The van der Waals surface area contributed by atoms with Crippen LogP contribution >= 0.6 is 0 Å². The van der Waals surface area contributed by atoms with Gasteiger partial charge in [-0.25, -0.2) is 8.42 Å². The zero-order chi connectivity index (χ0) is 25.2. The van der Waals surface area contributed by atoms with Crippen molar-refractivity contribution in [3.05, 3.63) is 77.0 Å². The number of carbonyl (C=O) groups is 1. The van der Waals surface area contributed by atoms with Gasteiger partial charge in [0.05, 0.1) is 5.56 Å². The molecule has 0 N–H and O–H groups in total. The molecule has 1 aromatic heterocycles. The molecular formula is C26H33N5O3S. The Balaban J connectivity index is 1.54. The Morgan fingerprint density at radius 3 is 2.37 bits per heavy atom. The minimum Gasteiger partial charge on any atom is -0.369 e. The number of rotatable bonds is 7. The molecule has 1 saturated heterocycles. The molecule has 0 bridgehead atoms. The normalized spacial score (nSPS) is 14.8. The van der Waals surface area contributed by atoms with Gasteiger partial charge in [0.25, 0.3) is 15.9 Å². The number of amides is 1. The van der Waals surface area contributed by atoms with E-state index in [-0.39, 0.29) is 16.5 Å². The van der Waals surface area contributed by atoms with Gasteiger partial charge in [-0.05, 0) is 43.5 Å². The first kappa shape index (κ1) is 24.9. The minimum absolute atomic E-state index is 0.113. The van der Waals surface area contributed by atoms with Gasteiger partial charge in [0, 0.05) is 58.2 Å². The summed E-state index contributed by atoms with van der Waals surface area (Å²) in [5.41, 5.74) is 4.58. The van der Waals surface area contributed by atoms with Crippen LogP contribution in [0.4, 0.5) is 5.69 Å². The maximum atomic E-state index is 13.6. The quantitative estimate of drug-likeness (QED) is 0.503. The maximum Gasteiger partial charge on any atom is 0.263 e. The van der Waals surface area contributed by atoms with Crippen molar-refractivity contribution in [3.63, 3.8) is 0 Å². The molecule has 0 spiro atoms. The first-order valence-electron chi connectivity index (χ1n) is 11.9. The summed E-state index contributed by atoms with van der Waals surface area (Å²) in [6, 6.07) is 16.0. The van der Waals surface area contributed by atoms with Crippen molar-refractivity contribution in [3.8, 4) is 0 Å². The predicted octanol–water partition coefficient (Wildman–Crippen LogP) is 3.21. The smallest absolute Gasteiger partial charge is 0.263 e. The van der Waals surface area contributed by atoms with Crippen LogP contribution in [-0.4, -0.2) is 66.0 Å². The Kier molecular flexibility index (Phi) is 7.28. The first-order chi connectivity index (χ1) is 16.7. The molecule has 4 rings (SSSR count). The van der Waals surface area contributed by atoms with Gasteiger partial charge in [-0.2, -0.15) is 9.40 Å². The summed E-state index contributed by atoms with van der Waals surface area (Å²) in [6.07, 6.45) is 1.51. The summed E-state index contributed by atoms with van der Waals surface area (Å²) < 4.78 is 30.1. The van der Waals surface area contributed by atoms with Gasteiger partial charge in [-0.3, -0.25) is 9.48 Å². The average Bonchev–Trinajstić information content (AvgIpc) is 3.27. The summed E-state index contributed by atoms with van der Waals surface area (Å²) in [5, 5.41) is 4.06. The number of piperazine rings is 1. The minimum atomic E-state index is -3.93. The standard InChI is InChI=1S/C26H33N5O3S/c1-5-29(18-22-9-7-6-8-10-22)26(32)23-19-28(4)27-25(23)35(33,34)31-15-13-30(14-16-31)24-17-20(2)11-12-21(24)3/h6-12,17,19H,5,13-16,18H2,1-4H3. The molecule has 35 heavy (non-hydrogen) atoms. The third kappa shape index (κ3) is 5.26. The highest BCUT2D eigenvalue weighted by Gasteiger charge is 2.35. The number of carbonyl (C=O) groups excluding carboxylic acids is 1. The van der Waals surface area contributed by atoms with Crippen molar-refractivity contribution in [1.29, 1.82) is 0 Å². The van der Waals surface area contributed by atoms with Crippen LogP contribution in [0.25, 0.3) is 0 Å². The highest BCUT2D eigenvalue weighted by atomic mass is 32.2. The fourth-order valence-electron chi connectivity index (χ4n) is 4.46. The molecule has 0 saturated carbocycles. The molecule has 8 nitrogen and oxygen atoms in total. The van der Waals surface area contributed by atoms with E-state index in [0.717, 1.165) is 11.3 Å². The van der Waals surface area contributed by atoms with Crippen molar-refractivity contribution < 1.29 is 13.2 Å². The van der Waals surface area contributed by atoms with Crippen molar-refractivity contribution in [2.45, 2.75) is 32.3 Å². The molecule has 3 aromatic rings. The van der Waals surface area contributed by atoms with E-state index < -0.39 is 10.0 Å². The molecule has 186 valence electrons. The Morgan fingerprint density at radius 2 is 1.71 bits per heavy atom. The molecule has 1 fully saturated rings. The van der Waals surface area contributed by atoms with E-state index in [1.165, 1.54) is 26.3 Å². The van der Waals surface area contributed by atoms with E-state index in [0.29, 0.717) is 39.3 Å². The number of aryl methyl sites for hydroxylation is 3. The first-order valence-corrected chi connectivity index (χ1v) is 13.3. The van der Waals surface area contributed by atoms with E-state index in [4.69, 9.17) is 0 Å². The van der Waals surface area contributed by atoms with Gasteiger partial charge in [-0.1, -0.05) is 42.5 Å². The number of hydrogen-bond acceptors (Lipinski definition) is 5. The molecule has 0 radical (unpaired) electrons. The molecule has 1 aliphatic heterocycles. The number of sulfonamides is 1. The number of aromatic nitrogens is 2. The average molecular weight is 496 g/mol. The zero-order valence-electron chi connectivity index (χ0n) is 20.8. The maximum absolute atomic E-state index is 13.6. The van der Waals surface area contributed by atoms with Gasteiger partial charge in [-0.15, -0.1) is 0 Å². The highest BCUT2D eigenvalue weighted by molar-refractivity contribution is 7.89. The summed E-state index contributed by atoms with van der Waals surface area (Å²) in [7, 11) is -2.29. The van der Waals surface area contributed by atoms with Crippen LogP contribution in [-0.2, 0) is 23.6 Å². The van der Waals surface area contributed by atoms with Crippen molar-refractivity contribution in [2.24, 2.45) is 7.05 Å². The van der Waals surface area contributed by atoms with Gasteiger partial charge in [0.15, 0.2) is 0 Å². The topological polar surface area (TPSA) is 78.8 Å². The van der Waals surface area contributed by atoms with E-state index in [2.05, 4.69) is 42.0 Å². The van der Waals surface area contributed by atoms with Crippen LogP contribution in [0.5, 0.6) is 0 Å². The fraction of sp³-hybridized carbons (Fsp3) is 0.385. The Hall–Kier alpha value is -3.17. The lowest BCUT2D eigenvalue weighted by Crippen LogP contribution is -2.49. The van der Waals surface area contributed by atoms with Crippen molar-refractivity contribution >= 4 is 21.6 Å². The van der Waals surface area contributed by atoms with E-state index in [1.54, 1.807) is 11.9 Å². The monoisotopic (exact) mass is 495 g/mol. The second-order valence-corrected chi connectivity index (χ2v) is 10.9. The van der Waals surface area contributed by atoms with E-state index in [1.807, 2.05) is 37.3 Å². The summed E-state index contributed by atoms with van der Waals surface area (Å²) >= 11 is 0. The van der Waals surface area contributed by atoms with E-state index in [9.17, 15) is 13.2 Å². The van der Waals surface area contributed by atoms with Gasteiger partial charge in [0.1, 0.15) is 0 Å². The van der Waals surface area contributed by atoms with Gasteiger partial charge in [0.2, 0.25) is 5.03 Å². The van der Waals surface area contributed by atoms with Crippen molar-refractivity contribution in [1.82, 2.24) is 19.0 Å². The largest absolute Gasteiger partial charge is 0.369 e. The van der Waals surface area contributed by atoms with Crippen LogP contribution in [0.1, 0.15) is 34.0 Å². The molecule has 2 heterocycles. The Morgan fingerprint density at radius 1 is 1.03 bits per heavy atom. The Bertz CT molecular complexity index is 1300. The summed E-state index contributed by atoms with van der Waals surface area (Å²) in [5.74, 6) is -0.336. The number of nitrogens with zero attached hydrogens (tertiary/aromatic N) is 5. The number of anilines is 1. The van der Waals surface area contributed by atoms with Crippen LogP contribution in [0.15, 0.2) is 59.8 Å². The molecule has 0 atom stereocenters. The van der Waals surface area contributed by atoms with Crippen LogP contribution < -0.4 is 4.90 Å². The molecule has 2 aromatic carbocycles. The third-order valence-electron chi connectivity index (χ3n) is 6.44. The summed E-state index contributed by atoms with van der Waals surface area (Å²) in [4.78, 5) is 17.3. The Labute approximate surface area is 207 Å². The lowest BCUT2D eigenvalue weighted by molar-refractivity contribution is 0.0748. The zero-order valence-corrected chi connectivity index (χ0v) is 21.6. The van der Waals surface area contributed by atoms with Gasteiger partial charge >= 0.3 is 0 Å². The fourth-order valence-corrected chi connectivity index (χ4v) is 6.00. The molecular weight excluding hydrogens is 462 g/mol. The molecule has 1 amide bonds. The van der Waals surface area contributed by atoms with Gasteiger partial charge < -0.3 is 9.80 Å². The van der Waals surface area contributed by atoms with Crippen LogP contribution in [0, 0.1) is 13.8 Å². The predicted molar refractivity (Wildman–Crippen MR) is 137 cm³/mol. The van der Waals surface area contributed by atoms with E-state index >= 15 is 0 Å². The SMILES string of the molecule is CCN(Cc1ccccc1)C(=O)c1cn(C)nc1S(=O)(=O)N1CCN(c2cc(C)ccc2C)CC1. The molecule has 0 unspecified atom stereocenters.